The van der Waals surface area contributed by atoms with E-state index in [0.717, 1.165) is 0 Å². The monoisotopic (exact) mass is 1080 g/mol. The second-order valence-corrected chi connectivity index (χ2v) is 24.0. The van der Waals surface area contributed by atoms with E-state index >= 15 is 0 Å². The van der Waals surface area contributed by atoms with Gasteiger partial charge in [-0.1, -0.05) is 267 Å². The summed E-state index contributed by atoms with van der Waals surface area (Å²) in [5, 5.41) is 33.8. The van der Waals surface area contributed by atoms with E-state index in [-0.39, 0.29) is 0 Å². The summed E-state index contributed by atoms with van der Waals surface area (Å²) in [7, 11) is 0. The first kappa shape index (κ1) is 46.3. The average molecular weight is 1080 g/mol. The van der Waals surface area contributed by atoms with Gasteiger partial charge in [0.25, 0.3) is 0 Å². The third kappa shape index (κ3) is 6.17. The summed E-state index contributed by atoms with van der Waals surface area (Å²) in [6, 6.07) is 111. The lowest BCUT2D eigenvalue weighted by atomic mass is 9.81. The SMILES string of the molecule is c1ccc(-c2ccc(-c3ccccc3)c(-c3c4cc5c(cc4c(-c4cc(-c6ccccc6)ccc4-c4ccccc4)c4c6ccc7c8cccc9cccc(c%10ccc(c34)c6c%107)c98)c3ccc4c6cccc7cccc(c8ccc5c3c84)c76)c2)cc1. The Morgan fingerprint density at radius 2 is 0.419 bits per heavy atom. The first-order chi connectivity index (χ1) is 42.7. The van der Waals surface area contributed by atoms with Crippen LogP contribution in [0.2, 0.25) is 0 Å². The highest BCUT2D eigenvalue weighted by molar-refractivity contribution is 6.48. The molecule has 0 nitrogen and oxygen atoms in total. The quantitative estimate of drug-likeness (QED) is 0.115. The Kier molecular flexibility index (Phi) is 9.27. The molecule has 0 aromatic heterocycles. The second kappa shape index (κ2) is 17.2. The minimum absolute atomic E-state index is 1.19. The van der Waals surface area contributed by atoms with Gasteiger partial charge in [-0.05, 0) is 231 Å². The molecule has 0 N–H and O–H groups in total. The molecule has 0 aliphatic rings. The highest BCUT2D eigenvalue weighted by Crippen LogP contribution is 2.58. The van der Waals surface area contributed by atoms with Crippen LogP contribution in [0, 0.1) is 0 Å². The third-order valence-electron chi connectivity index (χ3n) is 19.8. The van der Waals surface area contributed by atoms with E-state index in [2.05, 4.69) is 291 Å². The number of hydrogen-bond donors (Lipinski definition) is 0. The summed E-state index contributed by atoms with van der Waals surface area (Å²) in [4.78, 5) is 0. The van der Waals surface area contributed by atoms with Crippen LogP contribution in [0.3, 0.4) is 0 Å². The Balaban J connectivity index is 1.05. The lowest BCUT2D eigenvalue weighted by molar-refractivity contribution is 1.58. The zero-order chi connectivity index (χ0) is 55.9. The van der Waals surface area contributed by atoms with Crippen LogP contribution in [0.4, 0.5) is 0 Å². The molecule has 20 aromatic carbocycles. The maximum absolute atomic E-state index is 2.63. The van der Waals surface area contributed by atoms with Crippen LogP contribution in [0.25, 0.3) is 207 Å². The minimum Gasteiger partial charge on any atom is -0.0622 e. The Labute approximate surface area is 495 Å². The molecule has 86 heavy (non-hydrogen) atoms. The molecule has 392 valence electrons. The molecule has 0 atom stereocenters. The standard InChI is InChI=1S/C86H48/c1-5-17-49(18-6-1)55-33-35-57(51-21-9-3-10-22-51)73(45-55)83-75-47-71-67-39-37-63-59-29-13-25-53-26-14-30-60(77(53)59)64-38-40-68(81(67)79(63)64)72(71)48-76(75)84(74-46-56(50-19-7-2-8-20-50)34-36-58(74)52-23-11-4-12-24-52)86-70-44-42-66-62-32-16-28-54-27-15-31-61(78(54)62)65-41-43-69(85(83)86)82(70)80(65)66/h1-48H. The van der Waals surface area contributed by atoms with E-state index in [1.54, 1.807) is 0 Å². The third-order valence-corrected chi connectivity index (χ3v) is 19.8. The summed E-state index contributed by atoms with van der Waals surface area (Å²) in [6.07, 6.45) is 0. The topological polar surface area (TPSA) is 0 Å². The molecule has 0 aliphatic carbocycles. The summed E-state index contributed by atoms with van der Waals surface area (Å²) in [5.74, 6) is 0. The van der Waals surface area contributed by atoms with Crippen molar-refractivity contribution in [3.05, 3.63) is 291 Å². The fourth-order valence-electron chi connectivity index (χ4n) is 16.3. The molecule has 0 bridgehead atoms. The van der Waals surface area contributed by atoms with Crippen molar-refractivity contribution < 1.29 is 0 Å². The van der Waals surface area contributed by atoms with Gasteiger partial charge in [-0.25, -0.2) is 0 Å². The average Bonchev–Trinajstić information content (AvgIpc) is 1.88. The van der Waals surface area contributed by atoms with Crippen LogP contribution >= 0.6 is 0 Å². The number of fused-ring (bicyclic) bond motifs is 11. The molecule has 0 heterocycles. The molecular formula is C86H48. The van der Waals surface area contributed by atoms with Crippen LogP contribution in [0.1, 0.15) is 0 Å². The second-order valence-electron chi connectivity index (χ2n) is 24.0. The van der Waals surface area contributed by atoms with Crippen molar-refractivity contribution in [1.82, 2.24) is 0 Å². The van der Waals surface area contributed by atoms with Crippen LogP contribution in [0.5, 0.6) is 0 Å². The minimum atomic E-state index is 1.19. The highest BCUT2D eigenvalue weighted by atomic mass is 14.3. The Morgan fingerprint density at radius 3 is 0.767 bits per heavy atom. The van der Waals surface area contributed by atoms with E-state index in [4.69, 9.17) is 0 Å². The Hall–Kier alpha value is -11.2. The fourth-order valence-corrected chi connectivity index (χ4v) is 16.3. The molecule has 0 spiro atoms. The van der Waals surface area contributed by atoms with Crippen molar-refractivity contribution in [3.63, 3.8) is 0 Å². The van der Waals surface area contributed by atoms with E-state index < -0.39 is 0 Å². The van der Waals surface area contributed by atoms with Crippen LogP contribution < -0.4 is 0 Å². The molecule has 0 radical (unpaired) electrons. The van der Waals surface area contributed by atoms with Gasteiger partial charge in [-0.15, -0.1) is 0 Å². The Morgan fingerprint density at radius 1 is 0.128 bits per heavy atom. The van der Waals surface area contributed by atoms with Crippen molar-refractivity contribution in [1.29, 1.82) is 0 Å². The van der Waals surface area contributed by atoms with Crippen LogP contribution in [0.15, 0.2) is 291 Å². The molecule has 0 fully saturated rings. The summed E-state index contributed by atoms with van der Waals surface area (Å²) < 4.78 is 0. The van der Waals surface area contributed by atoms with Crippen LogP contribution in [-0.2, 0) is 0 Å². The van der Waals surface area contributed by atoms with Gasteiger partial charge in [0.1, 0.15) is 0 Å². The summed E-state index contributed by atoms with van der Waals surface area (Å²) >= 11 is 0. The predicted octanol–water partition coefficient (Wildman–Crippen LogP) is 24.4. The smallest absolute Gasteiger partial charge is 0.000717 e. The molecule has 0 amide bonds. The molecule has 0 saturated heterocycles. The van der Waals surface area contributed by atoms with E-state index in [0.29, 0.717) is 0 Å². The first-order valence-electron chi connectivity index (χ1n) is 30.1. The van der Waals surface area contributed by atoms with Gasteiger partial charge in [0.15, 0.2) is 0 Å². The predicted molar refractivity (Wildman–Crippen MR) is 371 cm³/mol. The normalized spacial score (nSPS) is 12.4. The largest absolute Gasteiger partial charge is 0.0622 e. The zero-order valence-corrected chi connectivity index (χ0v) is 46.7. The van der Waals surface area contributed by atoms with E-state index in [9.17, 15) is 0 Å². The van der Waals surface area contributed by atoms with Crippen LogP contribution in [-0.4, -0.2) is 0 Å². The van der Waals surface area contributed by atoms with Crippen molar-refractivity contribution in [2.75, 3.05) is 0 Å². The number of benzene rings is 18. The molecule has 0 saturated carbocycles. The molecule has 0 unspecified atom stereocenters. The molecule has 0 aliphatic heterocycles. The lowest BCUT2D eigenvalue weighted by Crippen LogP contribution is -1.95. The van der Waals surface area contributed by atoms with Gasteiger partial charge in [-0.2, -0.15) is 0 Å². The van der Waals surface area contributed by atoms with Gasteiger partial charge in [0.05, 0.1) is 0 Å². The summed E-state index contributed by atoms with van der Waals surface area (Å²) in [5.41, 5.74) is 14.5. The van der Waals surface area contributed by atoms with Gasteiger partial charge < -0.3 is 0 Å². The molecular weight excluding hydrogens is 1030 g/mol. The van der Waals surface area contributed by atoms with Crippen molar-refractivity contribution in [3.8, 4) is 66.8 Å². The van der Waals surface area contributed by atoms with Gasteiger partial charge in [0, 0.05) is 0 Å². The first-order valence-corrected chi connectivity index (χ1v) is 30.1. The van der Waals surface area contributed by atoms with Crippen molar-refractivity contribution >= 4 is 140 Å². The van der Waals surface area contributed by atoms with Gasteiger partial charge in [0.2, 0.25) is 0 Å². The van der Waals surface area contributed by atoms with Gasteiger partial charge in [-0.3, -0.25) is 0 Å². The maximum atomic E-state index is 2.63. The fraction of sp³-hybridized carbons (Fsp3) is 0. The Bertz CT molecular complexity index is 5830. The van der Waals surface area contributed by atoms with E-state index in [1.165, 1.54) is 207 Å². The highest BCUT2D eigenvalue weighted by Gasteiger charge is 2.30. The molecule has 20 rings (SSSR count). The summed E-state index contributed by atoms with van der Waals surface area (Å²) in [6.45, 7) is 0. The number of rotatable bonds is 6. The molecule has 20 aromatic rings. The zero-order valence-electron chi connectivity index (χ0n) is 46.7. The number of hydrogen-bond acceptors (Lipinski definition) is 0. The van der Waals surface area contributed by atoms with Crippen molar-refractivity contribution in [2.45, 2.75) is 0 Å². The van der Waals surface area contributed by atoms with Crippen molar-refractivity contribution in [2.24, 2.45) is 0 Å². The van der Waals surface area contributed by atoms with E-state index in [1.807, 2.05) is 0 Å². The lowest BCUT2D eigenvalue weighted by Gasteiger charge is -2.22. The molecule has 0 heteroatoms. The van der Waals surface area contributed by atoms with Gasteiger partial charge >= 0.3 is 0 Å². The maximum Gasteiger partial charge on any atom is -0.000717 e.